The van der Waals surface area contributed by atoms with Crippen molar-refractivity contribution < 1.29 is 9.53 Å². The van der Waals surface area contributed by atoms with Gasteiger partial charge in [0.15, 0.2) is 0 Å². The minimum Gasteiger partial charge on any atom is -0.418 e. The SMILES string of the molecule is CCc1cccc(O[C]=O)c1. The molecular formula is C9H9O2. The fourth-order valence-corrected chi connectivity index (χ4v) is 0.877. The lowest BCUT2D eigenvalue weighted by Gasteiger charge is -1.98. The molecule has 1 aromatic carbocycles. The molecule has 0 saturated carbocycles. The number of aryl methyl sites for hydroxylation is 1. The molecule has 0 bridgehead atoms. The van der Waals surface area contributed by atoms with Gasteiger partial charge in [-0.1, -0.05) is 19.1 Å². The van der Waals surface area contributed by atoms with Crippen molar-refractivity contribution in [3.63, 3.8) is 0 Å². The van der Waals surface area contributed by atoms with E-state index in [1.165, 1.54) is 6.47 Å². The van der Waals surface area contributed by atoms with E-state index in [2.05, 4.69) is 4.74 Å². The average Bonchev–Trinajstić information content (AvgIpc) is 2.06. The van der Waals surface area contributed by atoms with Gasteiger partial charge in [-0.15, -0.1) is 0 Å². The molecule has 57 valence electrons. The maximum absolute atomic E-state index is 9.83. The molecule has 1 rings (SSSR count). The highest BCUT2D eigenvalue weighted by atomic mass is 16.5. The first-order valence-corrected chi connectivity index (χ1v) is 3.49. The van der Waals surface area contributed by atoms with E-state index in [-0.39, 0.29) is 0 Å². The second-order valence-electron chi connectivity index (χ2n) is 2.19. The monoisotopic (exact) mass is 149 g/mol. The van der Waals surface area contributed by atoms with E-state index in [0.717, 1.165) is 12.0 Å². The van der Waals surface area contributed by atoms with E-state index < -0.39 is 0 Å². The smallest absolute Gasteiger partial charge is 0.418 e. The molecule has 0 unspecified atom stereocenters. The van der Waals surface area contributed by atoms with Crippen LogP contribution < -0.4 is 4.74 Å². The fourth-order valence-electron chi connectivity index (χ4n) is 0.877. The van der Waals surface area contributed by atoms with Crippen LogP contribution in [0.1, 0.15) is 12.5 Å². The lowest BCUT2D eigenvalue weighted by Crippen LogP contribution is -1.88. The summed E-state index contributed by atoms with van der Waals surface area (Å²) in [5, 5.41) is 0. The van der Waals surface area contributed by atoms with Crippen molar-refractivity contribution in [2.45, 2.75) is 13.3 Å². The van der Waals surface area contributed by atoms with Crippen LogP contribution in [0.3, 0.4) is 0 Å². The molecule has 0 atom stereocenters. The van der Waals surface area contributed by atoms with Crippen molar-refractivity contribution in [1.82, 2.24) is 0 Å². The second-order valence-corrected chi connectivity index (χ2v) is 2.19. The summed E-state index contributed by atoms with van der Waals surface area (Å²) < 4.78 is 4.54. The molecule has 0 fully saturated rings. The highest BCUT2D eigenvalue weighted by Gasteiger charge is 1.93. The predicted octanol–water partition coefficient (Wildman–Crippen LogP) is 1.70. The van der Waals surface area contributed by atoms with E-state index in [1.54, 1.807) is 6.07 Å². The van der Waals surface area contributed by atoms with Crippen molar-refractivity contribution in [3.05, 3.63) is 29.8 Å². The standard InChI is InChI=1S/C9H9O2/c1-2-8-4-3-5-9(6-8)11-7-10/h3-6H,2H2,1H3. The molecule has 0 aliphatic rings. The summed E-state index contributed by atoms with van der Waals surface area (Å²) in [5.41, 5.74) is 1.15. The number of rotatable bonds is 3. The van der Waals surface area contributed by atoms with Gasteiger partial charge in [-0.3, -0.25) is 0 Å². The molecule has 2 heteroatoms. The van der Waals surface area contributed by atoms with Gasteiger partial charge in [0.05, 0.1) is 0 Å². The number of ether oxygens (including phenoxy) is 1. The Hall–Kier alpha value is -1.31. The van der Waals surface area contributed by atoms with Crippen LogP contribution >= 0.6 is 0 Å². The molecule has 0 saturated heterocycles. The largest absolute Gasteiger partial charge is 0.423 e. The van der Waals surface area contributed by atoms with Gasteiger partial charge in [0.25, 0.3) is 0 Å². The molecule has 11 heavy (non-hydrogen) atoms. The van der Waals surface area contributed by atoms with Crippen molar-refractivity contribution in [1.29, 1.82) is 0 Å². The van der Waals surface area contributed by atoms with Crippen molar-refractivity contribution in [3.8, 4) is 5.75 Å². The van der Waals surface area contributed by atoms with Gasteiger partial charge in [0, 0.05) is 0 Å². The third-order valence-electron chi connectivity index (χ3n) is 1.47. The average molecular weight is 149 g/mol. The molecule has 0 aliphatic heterocycles. The summed E-state index contributed by atoms with van der Waals surface area (Å²) in [6, 6.07) is 7.39. The lowest BCUT2D eigenvalue weighted by molar-refractivity contribution is 0.442. The zero-order valence-electron chi connectivity index (χ0n) is 6.33. The van der Waals surface area contributed by atoms with Crippen molar-refractivity contribution >= 4 is 6.47 Å². The summed E-state index contributed by atoms with van der Waals surface area (Å²) in [6.07, 6.45) is 0.941. The Labute approximate surface area is 65.8 Å². The summed E-state index contributed by atoms with van der Waals surface area (Å²) in [7, 11) is 0. The van der Waals surface area contributed by atoms with E-state index in [1.807, 2.05) is 25.1 Å². The Balaban J connectivity index is 2.82. The van der Waals surface area contributed by atoms with Gasteiger partial charge in [0.1, 0.15) is 5.75 Å². The van der Waals surface area contributed by atoms with Gasteiger partial charge in [-0.25, -0.2) is 4.79 Å². The Bertz CT molecular complexity index is 243. The van der Waals surface area contributed by atoms with E-state index in [0.29, 0.717) is 5.75 Å². The molecule has 0 amide bonds. The minimum absolute atomic E-state index is 0.555. The summed E-state index contributed by atoms with van der Waals surface area (Å²) >= 11 is 0. The zero-order valence-corrected chi connectivity index (χ0v) is 6.33. The molecule has 0 N–H and O–H groups in total. The quantitative estimate of drug-likeness (QED) is 0.653. The summed E-state index contributed by atoms with van der Waals surface area (Å²) in [4.78, 5) is 9.83. The first-order chi connectivity index (χ1) is 5.36. The van der Waals surface area contributed by atoms with Crippen molar-refractivity contribution in [2.75, 3.05) is 0 Å². The van der Waals surface area contributed by atoms with Crippen LogP contribution in [-0.2, 0) is 11.2 Å². The number of hydrogen-bond donors (Lipinski definition) is 0. The lowest BCUT2D eigenvalue weighted by atomic mass is 10.2. The molecule has 0 heterocycles. The van der Waals surface area contributed by atoms with Crippen molar-refractivity contribution in [2.24, 2.45) is 0 Å². The summed E-state index contributed by atoms with van der Waals surface area (Å²) in [6.45, 7) is 3.43. The number of hydrogen-bond acceptors (Lipinski definition) is 2. The van der Waals surface area contributed by atoms with Crippen LogP contribution in [0.4, 0.5) is 0 Å². The van der Waals surface area contributed by atoms with Crippen LogP contribution in [0.25, 0.3) is 0 Å². The van der Waals surface area contributed by atoms with Crippen LogP contribution in [0.5, 0.6) is 5.75 Å². The predicted molar refractivity (Wildman–Crippen MR) is 42.1 cm³/mol. The van der Waals surface area contributed by atoms with Gasteiger partial charge in [-0.2, -0.15) is 0 Å². The summed E-state index contributed by atoms with van der Waals surface area (Å²) in [5.74, 6) is 0.555. The third-order valence-corrected chi connectivity index (χ3v) is 1.47. The first kappa shape index (κ1) is 7.79. The maximum Gasteiger partial charge on any atom is 0.423 e. The number of benzene rings is 1. The second kappa shape index (κ2) is 3.76. The van der Waals surface area contributed by atoms with Crippen LogP contribution in [0, 0.1) is 0 Å². The highest BCUT2D eigenvalue weighted by Crippen LogP contribution is 2.12. The van der Waals surface area contributed by atoms with Gasteiger partial charge >= 0.3 is 6.47 Å². The maximum atomic E-state index is 9.83. The van der Waals surface area contributed by atoms with Gasteiger partial charge < -0.3 is 4.74 Å². The molecule has 2 nitrogen and oxygen atoms in total. The Kier molecular flexibility index (Phi) is 2.66. The van der Waals surface area contributed by atoms with Gasteiger partial charge in [0.2, 0.25) is 0 Å². The van der Waals surface area contributed by atoms with E-state index in [4.69, 9.17) is 0 Å². The third kappa shape index (κ3) is 2.08. The Morgan fingerprint density at radius 3 is 3.00 bits per heavy atom. The molecule has 1 radical (unpaired) electrons. The highest BCUT2D eigenvalue weighted by molar-refractivity contribution is 5.46. The molecule has 0 spiro atoms. The first-order valence-electron chi connectivity index (χ1n) is 3.49. The molecular weight excluding hydrogens is 140 g/mol. The fraction of sp³-hybridized carbons (Fsp3) is 0.222. The van der Waals surface area contributed by atoms with Crippen LogP contribution in [0.2, 0.25) is 0 Å². The van der Waals surface area contributed by atoms with Gasteiger partial charge in [-0.05, 0) is 24.1 Å². The molecule has 1 aromatic rings. The molecule has 0 aromatic heterocycles. The van der Waals surface area contributed by atoms with E-state index >= 15 is 0 Å². The Morgan fingerprint density at radius 1 is 1.55 bits per heavy atom. The van der Waals surface area contributed by atoms with Crippen LogP contribution in [0.15, 0.2) is 24.3 Å². The van der Waals surface area contributed by atoms with Crippen LogP contribution in [-0.4, -0.2) is 6.47 Å². The normalized spacial score (nSPS) is 9.18. The minimum atomic E-state index is 0.555. The number of carbonyl (C=O) groups excluding carboxylic acids is 1. The molecule has 0 aliphatic carbocycles. The Morgan fingerprint density at radius 2 is 2.36 bits per heavy atom. The zero-order chi connectivity index (χ0) is 8.10. The van der Waals surface area contributed by atoms with E-state index in [9.17, 15) is 4.79 Å². The topological polar surface area (TPSA) is 26.3 Å².